The van der Waals surface area contributed by atoms with Crippen molar-refractivity contribution in [3.63, 3.8) is 0 Å². The molecule has 0 aliphatic heterocycles. The number of hydrogen-bond acceptors (Lipinski definition) is 4. The average Bonchev–Trinajstić information content (AvgIpc) is 3.60. The molecule has 0 bridgehead atoms. The van der Waals surface area contributed by atoms with Crippen LogP contribution < -0.4 is 0 Å². The molecule has 4 aromatic carbocycles. The summed E-state index contributed by atoms with van der Waals surface area (Å²) in [6, 6.07) is 36.2. The predicted molar refractivity (Wildman–Crippen MR) is 148 cm³/mol. The van der Waals surface area contributed by atoms with E-state index in [1.165, 1.54) is 0 Å². The number of fused-ring (bicyclic) bond motifs is 1. The van der Waals surface area contributed by atoms with E-state index in [2.05, 4.69) is 71.0 Å². The van der Waals surface area contributed by atoms with Gasteiger partial charge in [0.05, 0.1) is 29.5 Å². The summed E-state index contributed by atoms with van der Waals surface area (Å²) in [4.78, 5) is 15.6. The zero-order valence-electron chi connectivity index (χ0n) is 20.9. The molecule has 6 heteroatoms. The highest BCUT2D eigenvalue weighted by Gasteiger charge is 2.28. The Hall–Kier alpha value is -4.97. The topological polar surface area (TPSA) is 72.8 Å². The molecular formula is C32H26N4O2. The first-order valence-electron chi connectivity index (χ1n) is 12.6. The number of nitrogens with zero attached hydrogens (tertiary/aromatic N) is 3. The summed E-state index contributed by atoms with van der Waals surface area (Å²) < 4.78 is 7.00. The molecule has 186 valence electrons. The summed E-state index contributed by atoms with van der Waals surface area (Å²) in [5.41, 5.74) is 7.39. The molecule has 2 heterocycles. The van der Waals surface area contributed by atoms with Crippen molar-refractivity contribution >= 4 is 16.9 Å². The van der Waals surface area contributed by atoms with Gasteiger partial charge in [0.25, 0.3) is 0 Å². The Balaban J connectivity index is 1.56. The Morgan fingerprint density at radius 3 is 2.29 bits per heavy atom. The lowest BCUT2D eigenvalue weighted by Crippen LogP contribution is -2.07. The molecule has 0 saturated carbocycles. The van der Waals surface area contributed by atoms with Crippen molar-refractivity contribution in [2.24, 2.45) is 0 Å². The maximum atomic E-state index is 12.2. The van der Waals surface area contributed by atoms with Gasteiger partial charge >= 0.3 is 5.97 Å². The van der Waals surface area contributed by atoms with Gasteiger partial charge in [0.15, 0.2) is 0 Å². The number of nitrogens with one attached hydrogen (secondary N) is 1. The Morgan fingerprint density at radius 2 is 1.55 bits per heavy atom. The van der Waals surface area contributed by atoms with E-state index in [0.29, 0.717) is 12.2 Å². The van der Waals surface area contributed by atoms with E-state index in [1.54, 1.807) is 19.1 Å². The summed E-state index contributed by atoms with van der Waals surface area (Å²) in [6.45, 7) is 2.13. The van der Waals surface area contributed by atoms with E-state index < -0.39 is 0 Å². The smallest absolute Gasteiger partial charge is 0.338 e. The third-order valence-corrected chi connectivity index (χ3v) is 6.71. The van der Waals surface area contributed by atoms with Gasteiger partial charge in [-0.15, -0.1) is 5.10 Å². The van der Waals surface area contributed by atoms with Gasteiger partial charge in [0.2, 0.25) is 0 Å². The molecule has 1 atom stereocenters. The molecule has 1 unspecified atom stereocenters. The van der Waals surface area contributed by atoms with Gasteiger partial charge in [0, 0.05) is 22.7 Å². The maximum Gasteiger partial charge on any atom is 0.338 e. The first-order valence-corrected chi connectivity index (χ1v) is 12.6. The number of H-pyrrole nitrogens is 1. The SMILES string of the molecule is CCOC(=O)c1ccc(-n2nnc(C(c3ccccc3)c3c[nH]c4ccccc34)c2-c2ccccc2)cc1. The number of benzene rings is 4. The molecule has 2 aromatic heterocycles. The minimum Gasteiger partial charge on any atom is -0.462 e. The fourth-order valence-corrected chi connectivity index (χ4v) is 4.95. The van der Waals surface area contributed by atoms with Crippen LogP contribution in [0.1, 0.15) is 40.0 Å². The highest BCUT2D eigenvalue weighted by atomic mass is 16.5. The summed E-state index contributed by atoms with van der Waals surface area (Å²) in [5, 5.41) is 10.6. The molecule has 0 aliphatic rings. The zero-order valence-corrected chi connectivity index (χ0v) is 20.9. The molecular weight excluding hydrogens is 472 g/mol. The van der Waals surface area contributed by atoms with Gasteiger partial charge in [-0.05, 0) is 48.4 Å². The lowest BCUT2D eigenvalue weighted by Gasteiger charge is -2.18. The number of hydrogen-bond donors (Lipinski definition) is 1. The summed E-state index contributed by atoms with van der Waals surface area (Å²) in [7, 11) is 0. The van der Waals surface area contributed by atoms with Gasteiger partial charge in [-0.2, -0.15) is 0 Å². The number of rotatable bonds is 7. The molecule has 0 spiro atoms. The third-order valence-electron chi connectivity index (χ3n) is 6.71. The summed E-state index contributed by atoms with van der Waals surface area (Å²) in [6.07, 6.45) is 2.07. The maximum absolute atomic E-state index is 12.2. The molecule has 6 rings (SSSR count). The minimum absolute atomic E-state index is 0.157. The zero-order chi connectivity index (χ0) is 25.9. The standard InChI is InChI=1S/C32H26N4O2/c1-2-38-32(37)24-17-19-25(20-18-24)36-31(23-13-7-4-8-14-23)30(34-35-36)29(22-11-5-3-6-12-22)27-21-33-28-16-10-9-15-26(27)28/h3-21,29,33H,2H2,1H3. The van der Waals surface area contributed by atoms with E-state index in [0.717, 1.165) is 44.7 Å². The van der Waals surface area contributed by atoms with Crippen molar-refractivity contribution in [1.82, 2.24) is 20.0 Å². The van der Waals surface area contributed by atoms with Gasteiger partial charge in [-0.25, -0.2) is 9.48 Å². The minimum atomic E-state index is -0.343. The molecule has 0 amide bonds. The average molecular weight is 499 g/mol. The van der Waals surface area contributed by atoms with Gasteiger partial charge in [-0.3, -0.25) is 0 Å². The van der Waals surface area contributed by atoms with Gasteiger partial charge in [-0.1, -0.05) is 84.1 Å². The quantitative estimate of drug-likeness (QED) is 0.247. The molecule has 0 fully saturated rings. The van der Waals surface area contributed by atoms with E-state index in [1.807, 2.05) is 47.1 Å². The number of carbonyl (C=O) groups is 1. The van der Waals surface area contributed by atoms with Crippen LogP contribution in [0.2, 0.25) is 0 Å². The second kappa shape index (κ2) is 10.2. The van der Waals surface area contributed by atoms with Crippen molar-refractivity contribution in [2.75, 3.05) is 6.61 Å². The van der Waals surface area contributed by atoms with Crippen molar-refractivity contribution in [1.29, 1.82) is 0 Å². The van der Waals surface area contributed by atoms with Crippen LogP contribution in [0.15, 0.2) is 115 Å². The second-order valence-corrected chi connectivity index (χ2v) is 9.00. The number of esters is 1. The van der Waals surface area contributed by atoms with Gasteiger partial charge in [0.1, 0.15) is 5.69 Å². The lowest BCUT2D eigenvalue weighted by molar-refractivity contribution is 0.0526. The van der Waals surface area contributed by atoms with Crippen LogP contribution in [-0.2, 0) is 4.74 Å². The molecule has 0 aliphatic carbocycles. The highest BCUT2D eigenvalue weighted by Crippen LogP contribution is 2.40. The normalized spacial score (nSPS) is 11.9. The second-order valence-electron chi connectivity index (χ2n) is 9.00. The molecule has 6 nitrogen and oxygen atoms in total. The van der Waals surface area contributed by atoms with Crippen LogP contribution in [0.5, 0.6) is 0 Å². The molecule has 6 aromatic rings. The Morgan fingerprint density at radius 1 is 0.868 bits per heavy atom. The van der Waals surface area contributed by atoms with Crippen LogP contribution >= 0.6 is 0 Å². The first-order chi connectivity index (χ1) is 18.7. The van der Waals surface area contributed by atoms with Crippen molar-refractivity contribution in [3.05, 3.63) is 138 Å². The Kier molecular flexibility index (Phi) is 6.28. The van der Waals surface area contributed by atoms with Crippen molar-refractivity contribution in [2.45, 2.75) is 12.8 Å². The van der Waals surface area contributed by atoms with Crippen LogP contribution in [0.3, 0.4) is 0 Å². The molecule has 38 heavy (non-hydrogen) atoms. The van der Waals surface area contributed by atoms with Crippen LogP contribution in [-0.4, -0.2) is 32.6 Å². The third kappa shape index (κ3) is 4.26. The Labute approximate surface area is 220 Å². The number of ether oxygens (including phenoxy) is 1. The fraction of sp³-hybridized carbons (Fsp3) is 0.0938. The largest absolute Gasteiger partial charge is 0.462 e. The first kappa shape index (κ1) is 23.4. The summed E-state index contributed by atoms with van der Waals surface area (Å²) >= 11 is 0. The van der Waals surface area contributed by atoms with E-state index in [4.69, 9.17) is 9.84 Å². The molecule has 1 N–H and O–H groups in total. The predicted octanol–water partition coefficient (Wildman–Crippen LogP) is 6.77. The fourth-order valence-electron chi connectivity index (χ4n) is 4.95. The summed E-state index contributed by atoms with van der Waals surface area (Å²) in [5.74, 6) is -0.500. The lowest BCUT2D eigenvalue weighted by atomic mass is 9.86. The van der Waals surface area contributed by atoms with Gasteiger partial charge < -0.3 is 9.72 Å². The number of para-hydroxylation sites is 1. The monoisotopic (exact) mass is 498 g/mol. The van der Waals surface area contributed by atoms with E-state index in [-0.39, 0.29) is 11.9 Å². The molecule has 0 radical (unpaired) electrons. The van der Waals surface area contributed by atoms with Crippen LogP contribution in [0.25, 0.3) is 27.8 Å². The van der Waals surface area contributed by atoms with Crippen molar-refractivity contribution < 1.29 is 9.53 Å². The van der Waals surface area contributed by atoms with E-state index in [9.17, 15) is 4.79 Å². The van der Waals surface area contributed by atoms with E-state index >= 15 is 0 Å². The molecule has 0 saturated heterocycles. The number of aromatic amines is 1. The Bertz CT molecular complexity index is 1690. The number of aromatic nitrogens is 4. The van der Waals surface area contributed by atoms with Crippen LogP contribution in [0.4, 0.5) is 0 Å². The van der Waals surface area contributed by atoms with Crippen LogP contribution in [0, 0.1) is 0 Å². The highest BCUT2D eigenvalue weighted by molar-refractivity contribution is 5.89. The van der Waals surface area contributed by atoms with Crippen molar-refractivity contribution in [3.8, 4) is 16.9 Å². The number of carbonyl (C=O) groups excluding carboxylic acids is 1.